The molecule has 2 aromatic rings. The molecule has 112 valence electrons. The molecule has 21 heavy (non-hydrogen) atoms. The first-order valence-electron chi connectivity index (χ1n) is 7.02. The lowest BCUT2D eigenvalue weighted by atomic mass is 10.1. The van der Waals surface area contributed by atoms with E-state index >= 15 is 0 Å². The molecule has 0 heterocycles. The predicted octanol–water partition coefficient (Wildman–Crippen LogP) is 5.19. The maximum absolute atomic E-state index is 13.4. The molecule has 2 nitrogen and oxygen atoms in total. The molecule has 0 aromatic heterocycles. The Labute approximate surface area is 133 Å². The number of hydrogen-bond donors (Lipinski definition) is 1. The van der Waals surface area contributed by atoms with Crippen molar-refractivity contribution >= 4 is 15.9 Å². The van der Waals surface area contributed by atoms with Gasteiger partial charge in [-0.3, -0.25) is 0 Å². The van der Waals surface area contributed by atoms with E-state index in [-0.39, 0.29) is 5.82 Å². The van der Waals surface area contributed by atoms with Gasteiger partial charge in [0.2, 0.25) is 0 Å². The zero-order valence-corrected chi connectivity index (χ0v) is 13.8. The van der Waals surface area contributed by atoms with Gasteiger partial charge in [0, 0.05) is 22.6 Å². The minimum Gasteiger partial charge on any atom is -0.457 e. The molecule has 2 rings (SSSR count). The van der Waals surface area contributed by atoms with Crippen molar-refractivity contribution in [2.24, 2.45) is 0 Å². The number of halogens is 2. The van der Waals surface area contributed by atoms with Gasteiger partial charge in [0.15, 0.2) is 0 Å². The van der Waals surface area contributed by atoms with Gasteiger partial charge in [-0.1, -0.05) is 40.5 Å². The van der Waals surface area contributed by atoms with Gasteiger partial charge < -0.3 is 10.1 Å². The molecule has 0 fully saturated rings. The maximum atomic E-state index is 13.4. The number of ether oxygens (including phenoxy) is 1. The van der Waals surface area contributed by atoms with Crippen molar-refractivity contribution in [3.8, 4) is 11.5 Å². The van der Waals surface area contributed by atoms with E-state index in [2.05, 4.69) is 34.2 Å². The summed E-state index contributed by atoms with van der Waals surface area (Å²) in [5.41, 5.74) is 2.25. The van der Waals surface area contributed by atoms with Gasteiger partial charge in [0.25, 0.3) is 0 Å². The van der Waals surface area contributed by atoms with Crippen molar-refractivity contribution in [1.29, 1.82) is 0 Å². The van der Waals surface area contributed by atoms with E-state index in [0.717, 1.165) is 30.8 Å². The van der Waals surface area contributed by atoms with Crippen molar-refractivity contribution < 1.29 is 9.13 Å². The predicted molar refractivity (Wildman–Crippen MR) is 87.4 cm³/mol. The number of hydrogen-bond acceptors (Lipinski definition) is 2. The summed E-state index contributed by atoms with van der Waals surface area (Å²) in [4.78, 5) is 0. The lowest BCUT2D eigenvalue weighted by molar-refractivity contribution is 0.467. The standard InChI is InChI=1S/C17H19BrFNO/c1-3-6-20-11-13-7-12(2)4-5-17(13)21-16-9-14(18)8-15(19)10-16/h4-5,7-10,20H,3,6,11H2,1-2H3. The third-order valence-corrected chi connectivity index (χ3v) is 3.48. The third kappa shape index (κ3) is 4.83. The van der Waals surface area contributed by atoms with Gasteiger partial charge in [-0.2, -0.15) is 0 Å². The van der Waals surface area contributed by atoms with Crippen LogP contribution in [-0.2, 0) is 6.54 Å². The number of rotatable bonds is 6. The molecule has 0 saturated carbocycles. The average molecular weight is 352 g/mol. The molecule has 0 unspecified atom stereocenters. The Morgan fingerprint density at radius 1 is 1.19 bits per heavy atom. The Morgan fingerprint density at radius 2 is 2.00 bits per heavy atom. The summed E-state index contributed by atoms with van der Waals surface area (Å²) >= 11 is 3.28. The monoisotopic (exact) mass is 351 g/mol. The molecule has 0 radical (unpaired) electrons. The fourth-order valence-corrected chi connectivity index (χ4v) is 2.50. The zero-order valence-electron chi connectivity index (χ0n) is 12.2. The van der Waals surface area contributed by atoms with Gasteiger partial charge in [-0.25, -0.2) is 4.39 Å². The minimum atomic E-state index is -0.322. The smallest absolute Gasteiger partial charge is 0.131 e. The van der Waals surface area contributed by atoms with E-state index < -0.39 is 0 Å². The van der Waals surface area contributed by atoms with E-state index in [0.29, 0.717) is 10.2 Å². The van der Waals surface area contributed by atoms with Crippen LogP contribution in [0.1, 0.15) is 24.5 Å². The highest BCUT2D eigenvalue weighted by atomic mass is 79.9. The van der Waals surface area contributed by atoms with Crippen LogP contribution in [0.15, 0.2) is 40.9 Å². The molecule has 1 N–H and O–H groups in total. The van der Waals surface area contributed by atoms with Crippen molar-refractivity contribution in [2.75, 3.05) is 6.54 Å². The quantitative estimate of drug-likeness (QED) is 0.723. The summed E-state index contributed by atoms with van der Waals surface area (Å²) in [5.74, 6) is 0.918. The van der Waals surface area contributed by atoms with Crippen LogP contribution < -0.4 is 10.1 Å². The minimum absolute atomic E-state index is 0.322. The van der Waals surface area contributed by atoms with Gasteiger partial charge >= 0.3 is 0 Å². The van der Waals surface area contributed by atoms with E-state index in [1.165, 1.54) is 17.7 Å². The first-order valence-corrected chi connectivity index (χ1v) is 7.82. The number of benzene rings is 2. The Morgan fingerprint density at radius 3 is 2.71 bits per heavy atom. The van der Waals surface area contributed by atoms with E-state index in [1.807, 2.05) is 19.1 Å². The molecule has 0 aliphatic heterocycles. The third-order valence-electron chi connectivity index (χ3n) is 3.02. The van der Waals surface area contributed by atoms with Crippen molar-refractivity contribution in [2.45, 2.75) is 26.8 Å². The summed E-state index contributed by atoms with van der Waals surface area (Å²) in [6.45, 7) is 5.87. The largest absolute Gasteiger partial charge is 0.457 e. The average Bonchev–Trinajstić information content (AvgIpc) is 2.41. The Hall–Kier alpha value is -1.39. The Balaban J connectivity index is 2.21. The van der Waals surface area contributed by atoms with Crippen molar-refractivity contribution in [3.05, 3.63) is 57.8 Å². The second kappa shape index (κ2) is 7.57. The fraction of sp³-hybridized carbons (Fsp3) is 0.294. The highest BCUT2D eigenvalue weighted by molar-refractivity contribution is 9.10. The maximum Gasteiger partial charge on any atom is 0.131 e. The van der Waals surface area contributed by atoms with Crippen molar-refractivity contribution in [1.82, 2.24) is 5.32 Å². The van der Waals surface area contributed by atoms with Crippen LogP contribution in [0.5, 0.6) is 11.5 Å². The normalized spacial score (nSPS) is 10.7. The molecule has 0 aliphatic carbocycles. The molecule has 0 spiro atoms. The molecule has 0 saturated heterocycles. The summed E-state index contributed by atoms with van der Waals surface area (Å²) in [6, 6.07) is 10.6. The van der Waals surface area contributed by atoms with Crippen LogP contribution in [-0.4, -0.2) is 6.54 Å². The lowest BCUT2D eigenvalue weighted by Crippen LogP contribution is -2.14. The summed E-state index contributed by atoms with van der Waals surface area (Å²) < 4.78 is 19.9. The van der Waals surface area contributed by atoms with Crippen LogP contribution in [0.3, 0.4) is 0 Å². The SMILES string of the molecule is CCCNCc1cc(C)ccc1Oc1cc(F)cc(Br)c1. The summed E-state index contributed by atoms with van der Waals surface area (Å²) in [6.07, 6.45) is 1.08. The Kier molecular flexibility index (Phi) is 5.76. The van der Waals surface area contributed by atoms with Crippen LogP contribution >= 0.6 is 15.9 Å². The number of aryl methyl sites for hydroxylation is 1. The molecule has 0 bridgehead atoms. The molecule has 0 aliphatic rings. The molecule has 4 heteroatoms. The van der Waals surface area contributed by atoms with Crippen LogP contribution in [0.2, 0.25) is 0 Å². The molecular formula is C17H19BrFNO. The topological polar surface area (TPSA) is 21.3 Å². The van der Waals surface area contributed by atoms with Crippen LogP contribution in [0.25, 0.3) is 0 Å². The highest BCUT2D eigenvalue weighted by Crippen LogP contribution is 2.29. The molecular weight excluding hydrogens is 333 g/mol. The van der Waals surface area contributed by atoms with Crippen molar-refractivity contribution in [3.63, 3.8) is 0 Å². The molecule has 0 atom stereocenters. The van der Waals surface area contributed by atoms with Gasteiger partial charge in [0.1, 0.15) is 17.3 Å². The van der Waals surface area contributed by atoms with E-state index in [4.69, 9.17) is 4.74 Å². The van der Waals surface area contributed by atoms with E-state index in [9.17, 15) is 4.39 Å². The van der Waals surface area contributed by atoms with Gasteiger partial charge in [-0.05, 0) is 38.1 Å². The zero-order chi connectivity index (χ0) is 15.2. The molecule has 0 amide bonds. The van der Waals surface area contributed by atoms with Gasteiger partial charge in [-0.15, -0.1) is 0 Å². The van der Waals surface area contributed by atoms with Crippen LogP contribution in [0, 0.1) is 12.7 Å². The van der Waals surface area contributed by atoms with Crippen LogP contribution in [0.4, 0.5) is 4.39 Å². The first-order chi connectivity index (χ1) is 10.1. The number of nitrogens with one attached hydrogen (secondary N) is 1. The van der Waals surface area contributed by atoms with Gasteiger partial charge in [0.05, 0.1) is 0 Å². The molecule has 2 aromatic carbocycles. The fourth-order valence-electron chi connectivity index (χ4n) is 2.06. The Bertz CT molecular complexity index is 595. The van der Waals surface area contributed by atoms with E-state index in [1.54, 1.807) is 6.07 Å². The lowest BCUT2D eigenvalue weighted by Gasteiger charge is -2.13. The second-order valence-corrected chi connectivity index (χ2v) is 5.91. The summed E-state index contributed by atoms with van der Waals surface area (Å²) in [5, 5.41) is 3.36. The highest BCUT2D eigenvalue weighted by Gasteiger charge is 2.07. The first kappa shape index (κ1) is 16.0. The second-order valence-electron chi connectivity index (χ2n) is 5.00. The summed E-state index contributed by atoms with van der Waals surface area (Å²) in [7, 11) is 0.